The number of aromatic nitrogens is 2. The van der Waals surface area contributed by atoms with Crippen LogP contribution in [0.5, 0.6) is 0 Å². The second-order valence-electron chi connectivity index (χ2n) is 4.58. The van der Waals surface area contributed by atoms with E-state index in [2.05, 4.69) is 74.1 Å². The van der Waals surface area contributed by atoms with Crippen LogP contribution in [0.2, 0.25) is 0 Å². The fourth-order valence-electron chi connectivity index (χ4n) is 2.03. The van der Waals surface area contributed by atoms with Gasteiger partial charge in [-0.25, -0.2) is 0 Å². The van der Waals surface area contributed by atoms with Crippen LogP contribution in [0.1, 0.15) is 11.1 Å². The zero-order valence-electron chi connectivity index (χ0n) is 11.0. The maximum Gasteiger partial charge on any atom is 0.0799 e. The van der Waals surface area contributed by atoms with Crippen LogP contribution in [0.3, 0.4) is 0 Å². The molecule has 1 aromatic carbocycles. The van der Waals surface area contributed by atoms with Gasteiger partial charge in [-0.1, -0.05) is 12.1 Å². The van der Waals surface area contributed by atoms with Gasteiger partial charge in [-0.15, -0.1) is 11.3 Å². The molecule has 0 bridgehead atoms. The van der Waals surface area contributed by atoms with E-state index in [-0.39, 0.29) is 0 Å². The Morgan fingerprint density at radius 3 is 3.00 bits per heavy atom. The average molecular weight is 348 g/mol. The van der Waals surface area contributed by atoms with Gasteiger partial charge in [0.2, 0.25) is 0 Å². The molecular weight excluding hydrogens is 334 g/mol. The van der Waals surface area contributed by atoms with E-state index in [1.54, 1.807) is 11.3 Å². The summed E-state index contributed by atoms with van der Waals surface area (Å²) >= 11 is 5.30. The van der Waals surface area contributed by atoms with Crippen LogP contribution in [0.4, 0.5) is 5.69 Å². The lowest BCUT2D eigenvalue weighted by Crippen LogP contribution is -2.00. The molecule has 0 aliphatic carbocycles. The van der Waals surface area contributed by atoms with Gasteiger partial charge >= 0.3 is 0 Å². The van der Waals surface area contributed by atoms with Crippen LogP contribution in [0, 0.1) is 6.92 Å². The predicted octanol–water partition coefficient (Wildman–Crippen LogP) is 4.82. The van der Waals surface area contributed by atoms with Gasteiger partial charge in [0, 0.05) is 22.3 Å². The third-order valence-corrected chi connectivity index (χ3v) is 4.62. The van der Waals surface area contributed by atoms with Crippen molar-refractivity contribution in [1.29, 1.82) is 0 Å². The molecule has 0 unspecified atom stereocenters. The Kier molecular flexibility index (Phi) is 3.89. The van der Waals surface area contributed by atoms with Crippen molar-refractivity contribution in [2.75, 3.05) is 5.32 Å². The second-order valence-corrected chi connectivity index (χ2v) is 6.39. The van der Waals surface area contributed by atoms with Gasteiger partial charge in [-0.05, 0) is 52.0 Å². The van der Waals surface area contributed by atoms with Crippen molar-refractivity contribution in [3.63, 3.8) is 0 Å². The number of benzene rings is 1. The monoisotopic (exact) mass is 347 g/mol. The molecular formula is C15H14BrN3S. The van der Waals surface area contributed by atoms with E-state index in [0.717, 1.165) is 22.4 Å². The normalized spacial score (nSPS) is 10.7. The average Bonchev–Trinajstić information content (AvgIpc) is 3.08. The van der Waals surface area contributed by atoms with Crippen LogP contribution in [0.25, 0.3) is 10.6 Å². The highest BCUT2D eigenvalue weighted by Crippen LogP contribution is 2.28. The van der Waals surface area contributed by atoms with Crippen LogP contribution in [-0.4, -0.2) is 10.2 Å². The molecule has 3 aromatic rings. The number of thiophene rings is 1. The molecule has 102 valence electrons. The lowest BCUT2D eigenvalue weighted by atomic mass is 10.2. The highest BCUT2D eigenvalue weighted by atomic mass is 79.9. The van der Waals surface area contributed by atoms with Gasteiger partial charge in [-0.3, -0.25) is 5.10 Å². The van der Waals surface area contributed by atoms with E-state index in [9.17, 15) is 0 Å². The van der Waals surface area contributed by atoms with Crippen molar-refractivity contribution in [2.24, 2.45) is 0 Å². The fourth-order valence-corrected chi connectivity index (χ4v) is 3.42. The Labute approximate surface area is 130 Å². The highest BCUT2D eigenvalue weighted by Gasteiger charge is 2.09. The quantitative estimate of drug-likeness (QED) is 0.710. The fraction of sp³-hybridized carbons (Fsp3) is 0.133. The highest BCUT2D eigenvalue weighted by molar-refractivity contribution is 9.10. The molecule has 0 spiro atoms. The summed E-state index contributed by atoms with van der Waals surface area (Å²) < 4.78 is 1.08. The van der Waals surface area contributed by atoms with Crippen LogP contribution in [0.15, 0.2) is 46.4 Å². The van der Waals surface area contributed by atoms with Gasteiger partial charge in [0.15, 0.2) is 0 Å². The number of aryl methyl sites for hydroxylation is 1. The van der Waals surface area contributed by atoms with E-state index >= 15 is 0 Å². The van der Waals surface area contributed by atoms with E-state index in [1.807, 2.05) is 6.20 Å². The molecule has 2 N–H and O–H groups in total. The van der Waals surface area contributed by atoms with Gasteiger partial charge < -0.3 is 5.32 Å². The minimum Gasteiger partial charge on any atom is -0.380 e. The number of anilines is 1. The lowest BCUT2D eigenvalue weighted by Gasteiger charge is -2.09. The van der Waals surface area contributed by atoms with Gasteiger partial charge in [0.1, 0.15) is 0 Å². The summed E-state index contributed by atoms with van der Waals surface area (Å²) in [4.78, 5) is 1.21. The standard InChI is InChI=1S/C15H14BrN3S/c1-10-4-5-13(12(16)7-10)17-8-11-9-18-19-15(11)14-3-2-6-20-14/h2-7,9,17H,8H2,1H3,(H,18,19). The third-order valence-electron chi connectivity index (χ3n) is 3.08. The number of nitrogens with zero attached hydrogens (tertiary/aromatic N) is 1. The molecule has 0 atom stereocenters. The number of H-pyrrole nitrogens is 1. The van der Waals surface area contributed by atoms with E-state index in [4.69, 9.17) is 0 Å². The van der Waals surface area contributed by atoms with Crippen molar-refractivity contribution < 1.29 is 0 Å². The SMILES string of the molecule is Cc1ccc(NCc2cn[nH]c2-c2cccs2)c(Br)c1. The molecule has 0 aliphatic heterocycles. The first-order chi connectivity index (χ1) is 9.74. The maximum atomic E-state index is 4.16. The molecule has 2 aromatic heterocycles. The van der Waals surface area contributed by atoms with Gasteiger partial charge in [0.25, 0.3) is 0 Å². The zero-order chi connectivity index (χ0) is 13.9. The molecule has 3 nitrogen and oxygen atoms in total. The first kappa shape index (κ1) is 13.4. The van der Waals surface area contributed by atoms with Crippen LogP contribution < -0.4 is 5.32 Å². The van der Waals surface area contributed by atoms with E-state index < -0.39 is 0 Å². The van der Waals surface area contributed by atoms with Crippen molar-refractivity contribution in [1.82, 2.24) is 10.2 Å². The summed E-state index contributed by atoms with van der Waals surface area (Å²) in [5, 5.41) is 12.7. The topological polar surface area (TPSA) is 40.7 Å². The molecule has 0 radical (unpaired) electrons. The molecule has 3 rings (SSSR count). The minimum atomic E-state index is 0.741. The number of rotatable bonds is 4. The first-order valence-electron chi connectivity index (χ1n) is 6.30. The Bertz CT molecular complexity index is 704. The smallest absolute Gasteiger partial charge is 0.0799 e. The van der Waals surface area contributed by atoms with Gasteiger partial charge in [-0.2, -0.15) is 5.10 Å². The number of halogens is 1. The summed E-state index contributed by atoms with van der Waals surface area (Å²) in [5.74, 6) is 0. The largest absolute Gasteiger partial charge is 0.380 e. The summed E-state index contributed by atoms with van der Waals surface area (Å²) in [6, 6.07) is 10.4. The van der Waals surface area contributed by atoms with Crippen LogP contribution >= 0.6 is 27.3 Å². The molecule has 5 heteroatoms. The lowest BCUT2D eigenvalue weighted by molar-refractivity contribution is 1.10. The summed E-state index contributed by atoms with van der Waals surface area (Å²) in [5.41, 5.74) is 4.59. The second kappa shape index (κ2) is 5.81. The van der Waals surface area contributed by atoms with Crippen LogP contribution in [-0.2, 0) is 6.54 Å². The molecule has 0 saturated heterocycles. The third kappa shape index (κ3) is 2.78. The Morgan fingerprint density at radius 2 is 2.25 bits per heavy atom. The number of nitrogens with one attached hydrogen (secondary N) is 2. The van der Waals surface area contributed by atoms with E-state index in [0.29, 0.717) is 0 Å². The maximum absolute atomic E-state index is 4.16. The number of hydrogen-bond donors (Lipinski definition) is 2. The van der Waals surface area contributed by atoms with Crippen molar-refractivity contribution in [2.45, 2.75) is 13.5 Å². The van der Waals surface area contributed by atoms with Crippen molar-refractivity contribution >= 4 is 33.0 Å². The van der Waals surface area contributed by atoms with Crippen molar-refractivity contribution in [3.05, 3.63) is 57.5 Å². The molecule has 0 amide bonds. The predicted molar refractivity (Wildman–Crippen MR) is 88.1 cm³/mol. The molecule has 0 aliphatic rings. The molecule has 0 fully saturated rings. The number of aromatic amines is 1. The summed E-state index contributed by atoms with van der Waals surface area (Å²) in [7, 11) is 0. The Hall–Kier alpha value is -1.59. The van der Waals surface area contributed by atoms with Gasteiger partial charge in [0.05, 0.1) is 16.8 Å². The molecule has 2 heterocycles. The molecule has 20 heavy (non-hydrogen) atoms. The first-order valence-corrected chi connectivity index (χ1v) is 7.97. The molecule has 0 saturated carbocycles. The number of hydrogen-bond acceptors (Lipinski definition) is 3. The Morgan fingerprint density at radius 1 is 1.35 bits per heavy atom. The zero-order valence-corrected chi connectivity index (χ0v) is 13.4. The summed E-state index contributed by atoms with van der Waals surface area (Å²) in [6.07, 6.45) is 1.88. The Balaban J connectivity index is 1.78. The van der Waals surface area contributed by atoms with E-state index in [1.165, 1.54) is 16.0 Å². The minimum absolute atomic E-state index is 0.741. The summed E-state index contributed by atoms with van der Waals surface area (Å²) in [6.45, 7) is 2.82. The van der Waals surface area contributed by atoms with Crippen molar-refractivity contribution in [3.8, 4) is 10.6 Å².